The first kappa shape index (κ1) is 33.5. The van der Waals surface area contributed by atoms with Gasteiger partial charge in [-0.15, -0.1) is 11.8 Å². The number of anilines is 2. The average Bonchev–Trinajstić information content (AvgIpc) is 3.58. The van der Waals surface area contributed by atoms with Crippen molar-refractivity contribution in [3.05, 3.63) is 153 Å². The largest absolute Gasteiger partial charge is 0.418 e. The third-order valence-electron chi connectivity index (χ3n) is 6.61. The van der Waals surface area contributed by atoms with Crippen molar-refractivity contribution in [1.29, 1.82) is 0 Å². The average molecular weight is 692 g/mol. The Hall–Kier alpha value is -4.84. The monoisotopic (exact) mass is 691 g/mol. The van der Waals surface area contributed by atoms with Gasteiger partial charge < -0.3 is 16.0 Å². The van der Waals surface area contributed by atoms with Crippen molar-refractivity contribution in [2.75, 3.05) is 10.6 Å². The van der Waals surface area contributed by atoms with E-state index in [9.17, 15) is 27.6 Å². The molecule has 47 heavy (non-hydrogen) atoms. The molecule has 1 aromatic heterocycles. The molecule has 4 aromatic carbocycles. The number of halogens is 4. The molecule has 0 aliphatic carbocycles. The van der Waals surface area contributed by atoms with E-state index in [1.807, 2.05) is 10.8 Å². The molecule has 0 radical (unpaired) electrons. The van der Waals surface area contributed by atoms with Gasteiger partial charge in [0.25, 0.3) is 11.8 Å². The van der Waals surface area contributed by atoms with Crippen molar-refractivity contribution in [3.63, 3.8) is 0 Å². The fourth-order valence-electron chi connectivity index (χ4n) is 4.41. The molecular formula is C35H25ClF3N3O3S2. The van der Waals surface area contributed by atoms with Crippen LogP contribution in [-0.4, -0.2) is 17.7 Å². The number of hydrogen-bond donors (Lipinski definition) is 3. The van der Waals surface area contributed by atoms with Crippen molar-refractivity contribution in [2.24, 2.45) is 0 Å². The number of thiophene rings is 1. The summed E-state index contributed by atoms with van der Waals surface area (Å²) in [6.45, 7) is 0. The Morgan fingerprint density at radius 3 is 2.23 bits per heavy atom. The molecule has 12 heteroatoms. The first-order valence-electron chi connectivity index (χ1n) is 14.0. The molecular weight excluding hydrogens is 667 g/mol. The molecule has 0 spiro atoms. The fraction of sp³-hybridized carbons (Fsp3) is 0.0571. The normalized spacial score (nSPS) is 12.2. The van der Waals surface area contributed by atoms with Gasteiger partial charge in [-0.2, -0.15) is 24.5 Å². The summed E-state index contributed by atoms with van der Waals surface area (Å²) < 4.78 is 41.2. The number of carbonyl (C=O) groups is 3. The zero-order chi connectivity index (χ0) is 33.4. The van der Waals surface area contributed by atoms with E-state index in [0.717, 1.165) is 29.5 Å². The van der Waals surface area contributed by atoms with Crippen molar-refractivity contribution >= 4 is 69.9 Å². The highest BCUT2D eigenvalue weighted by Gasteiger charge is 2.35. The first-order chi connectivity index (χ1) is 22.6. The van der Waals surface area contributed by atoms with Gasteiger partial charge in [-0.3, -0.25) is 14.4 Å². The van der Waals surface area contributed by atoms with Gasteiger partial charge in [0.05, 0.1) is 11.3 Å². The second kappa shape index (κ2) is 15.2. The molecule has 1 unspecified atom stereocenters. The van der Waals surface area contributed by atoms with Crippen LogP contribution < -0.4 is 16.0 Å². The quantitative estimate of drug-likeness (QED) is 0.101. The highest BCUT2D eigenvalue weighted by Crippen LogP contribution is 2.40. The molecule has 1 atom stereocenters. The van der Waals surface area contributed by atoms with Crippen LogP contribution in [0.25, 0.3) is 6.08 Å². The maximum absolute atomic E-state index is 13.7. The lowest BCUT2D eigenvalue weighted by atomic mass is 10.1. The molecule has 238 valence electrons. The van der Waals surface area contributed by atoms with E-state index in [0.29, 0.717) is 21.7 Å². The van der Waals surface area contributed by atoms with Crippen LogP contribution in [0.3, 0.4) is 0 Å². The first-order valence-corrected chi connectivity index (χ1v) is 16.2. The summed E-state index contributed by atoms with van der Waals surface area (Å²) in [6, 6.07) is 28.7. The minimum Gasteiger partial charge on any atom is -0.324 e. The van der Waals surface area contributed by atoms with Crippen molar-refractivity contribution in [1.82, 2.24) is 5.32 Å². The Labute approximate surface area is 281 Å². The standard InChI is InChI=1S/C35H25ClF3N3O3S2/c36-25-14-15-29(28(19-25)35(37,38)39)41-34(45)31(23-8-3-1-4-9-23)47-27-13-7-12-26(20-27)40-33(44)30(18-22-16-17-46-21-22)42-32(43)24-10-5-2-6-11-24/h1-21,31H,(H,40,44)(H,41,45)(H,42,43)/b30-18-. The van der Waals surface area contributed by atoms with E-state index in [1.54, 1.807) is 97.1 Å². The van der Waals surface area contributed by atoms with Gasteiger partial charge in [0.2, 0.25) is 5.91 Å². The van der Waals surface area contributed by atoms with Crippen LogP contribution >= 0.6 is 34.7 Å². The van der Waals surface area contributed by atoms with Gasteiger partial charge >= 0.3 is 6.18 Å². The summed E-state index contributed by atoms with van der Waals surface area (Å²) in [6.07, 6.45) is -3.18. The topological polar surface area (TPSA) is 87.3 Å². The van der Waals surface area contributed by atoms with Crippen LogP contribution in [-0.2, 0) is 15.8 Å². The molecule has 3 amide bonds. The van der Waals surface area contributed by atoms with E-state index >= 15 is 0 Å². The molecule has 5 rings (SSSR count). The summed E-state index contributed by atoms with van der Waals surface area (Å²) in [5.74, 6) is -1.73. The van der Waals surface area contributed by atoms with Gasteiger partial charge in [-0.1, -0.05) is 66.2 Å². The second-order valence-electron chi connectivity index (χ2n) is 10.0. The lowest BCUT2D eigenvalue weighted by Gasteiger charge is -2.20. The van der Waals surface area contributed by atoms with E-state index in [4.69, 9.17) is 11.6 Å². The Kier molecular flexibility index (Phi) is 10.8. The number of benzene rings is 4. The van der Waals surface area contributed by atoms with Crippen LogP contribution in [0.15, 0.2) is 131 Å². The number of nitrogens with one attached hydrogen (secondary N) is 3. The van der Waals surface area contributed by atoms with Crippen LogP contribution in [0.4, 0.5) is 24.5 Å². The summed E-state index contributed by atoms with van der Waals surface area (Å²) in [4.78, 5) is 40.5. The van der Waals surface area contributed by atoms with E-state index in [-0.39, 0.29) is 10.7 Å². The minimum atomic E-state index is -4.74. The molecule has 0 saturated heterocycles. The molecule has 3 N–H and O–H groups in total. The highest BCUT2D eigenvalue weighted by atomic mass is 35.5. The van der Waals surface area contributed by atoms with Gasteiger partial charge in [0.1, 0.15) is 10.9 Å². The summed E-state index contributed by atoms with van der Waals surface area (Å²) in [5.41, 5.74) is 0.554. The molecule has 0 aliphatic heterocycles. The minimum absolute atomic E-state index is 0.0142. The number of carbonyl (C=O) groups excluding carboxylic acids is 3. The van der Waals surface area contributed by atoms with Gasteiger partial charge in [-0.05, 0) is 82.6 Å². The lowest BCUT2D eigenvalue weighted by molar-refractivity contribution is -0.137. The Morgan fingerprint density at radius 1 is 0.830 bits per heavy atom. The highest BCUT2D eigenvalue weighted by molar-refractivity contribution is 8.00. The van der Waals surface area contributed by atoms with Crippen molar-refractivity contribution < 1.29 is 27.6 Å². The van der Waals surface area contributed by atoms with Gasteiger partial charge in [0, 0.05) is 21.2 Å². The van der Waals surface area contributed by atoms with Crippen LogP contribution in [0.2, 0.25) is 5.02 Å². The third kappa shape index (κ3) is 9.13. The number of amides is 3. The summed E-state index contributed by atoms with van der Waals surface area (Å²) in [7, 11) is 0. The second-order valence-corrected chi connectivity index (χ2v) is 12.4. The zero-order valence-electron chi connectivity index (χ0n) is 24.3. The molecule has 0 bridgehead atoms. The Balaban J connectivity index is 1.38. The van der Waals surface area contributed by atoms with Crippen LogP contribution in [0.5, 0.6) is 0 Å². The number of alkyl halides is 3. The smallest absolute Gasteiger partial charge is 0.324 e. The summed E-state index contributed by atoms with van der Waals surface area (Å²) in [5, 5.41) is 10.5. The van der Waals surface area contributed by atoms with Crippen LogP contribution in [0, 0.1) is 0 Å². The SMILES string of the molecule is O=C(Nc1cccc(SC(C(=O)Nc2ccc(Cl)cc2C(F)(F)F)c2ccccc2)c1)/C(=C/c1ccsc1)NC(=O)c1ccccc1. The number of rotatable bonds is 10. The number of hydrogen-bond acceptors (Lipinski definition) is 5. The molecule has 0 saturated carbocycles. The molecule has 0 aliphatic rings. The molecule has 5 aromatic rings. The summed E-state index contributed by atoms with van der Waals surface area (Å²) >= 11 is 8.34. The Morgan fingerprint density at radius 2 is 1.55 bits per heavy atom. The van der Waals surface area contributed by atoms with E-state index in [1.165, 1.54) is 17.4 Å². The molecule has 0 fully saturated rings. The predicted octanol–water partition coefficient (Wildman–Crippen LogP) is 9.30. The maximum Gasteiger partial charge on any atom is 0.418 e. The third-order valence-corrected chi connectivity index (χ3v) is 8.80. The van der Waals surface area contributed by atoms with E-state index in [2.05, 4.69) is 16.0 Å². The van der Waals surface area contributed by atoms with Crippen molar-refractivity contribution in [3.8, 4) is 0 Å². The Bertz CT molecular complexity index is 1900. The van der Waals surface area contributed by atoms with Gasteiger partial charge in [0.15, 0.2) is 0 Å². The van der Waals surface area contributed by atoms with Crippen molar-refractivity contribution in [2.45, 2.75) is 16.3 Å². The fourth-order valence-corrected chi connectivity index (χ4v) is 6.28. The van der Waals surface area contributed by atoms with Crippen LogP contribution in [0.1, 0.15) is 32.3 Å². The zero-order valence-corrected chi connectivity index (χ0v) is 26.6. The predicted molar refractivity (Wildman–Crippen MR) is 181 cm³/mol. The van der Waals surface area contributed by atoms with E-state index < -0.39 is 40.4 Å². The molecule has 6 nitrogen and oxygen atoms in total. The van der Waals surface area contributed by atoms with Gasteiger partial charge in [-0.25, -0.2) is 0 Å². The lowest BCUT2D eigenvalue weighted by Crippen LogP contribution is -2.30. The number of thioether (sulfide) groups is 1. The maximum atomic E-state index is 13.7. The molecule has 1 heterocycles.